The summed E-state index contributed by atoms with van der Waals surface area (Å²) in [6.07, 6.45) is 3.54. The molecule has 5 N–H and O–H groups in total. The molecule has 0 saturated heterocycles. The molecule has 1 rings (SSSR count). The van der Waals surface area contributed by atoms with E-state index in [0.717, 1.165) is 0 Å². The minimum absolute atomic E-state index is 0.0193. The van der Waals surface area contributed by atoms with Crippen LogP contribution < -0.4 is 11.5 Å². The van der Waals surface area contributed by atoms with Crippen LogP contribution in [-0.4, -0.2) is 36.2 Å². The van der Waals surface area contributed by atoms with Crippen LogP contribution in [0.4, 0.5) is 0 Å². The number of ether oxygens (including phenoxy) is 1. The summed E-state index contributed by atoms with van der Waals surface area (Å²) in [5.74, 6) is -1.27. The molecule has 0 spiro atoms. The normalized spacial score (nSPS) is 25.1. The molecule has 0 aromatic heterocycles. The van der Waals surface area contributed by atoms with Crippen molar-refractivity contribution in [1.82, 2.24) is 0 Å². The number of aliphatic imine (C=N–C) groups is 1. The molecule has 21 heavy (non-hydrogen) atoms. The van der Waals surface area contributed by atoms with Crippen LogP contribution >= 0.6 is 0 Å². The molecule has 0 bridgehead atoms. The number of hydrogen-bond acceptors (Lipinski definition) is 4. The summed E-state index contributed by atoms with van der Waals surface area (Å²) in [7, 11) is 0. The lowest BCUT2D eigenvalue weighted by Gasteiger charge is -2.38. The van der Waals surface area contributed by atoms with E-state index in [1.165, 1.54) is 0 Å². The van der Waals surface area contributed by atoms with E-state index in [2.05, 4.69) is 4.99 Å². The molecule has 1 aliphatic carbocycles. The van der Waals surface area contributed by atoms with Gasteiger partial charge in [0.25, 0.3) is 0 Å². The van der Waals surface area contributed by atoms with Crippen molar-refractivity contribution in [2.45, 2.75) is 45.4 Å². The topological polar surface area (TPSA) is 128 Å². The van der Waals surface area contributed by atoms with Crippen molar-refractivity contribution in [3.8, 4) is 0 Å². The first kappa shape index (κ1) is 17.3. The molecule has 7 nitrogen and oxygen atoms in total. The maximum absolute atomic E-state index is 11.5. The van der Waals surface area contributed by atoms with Crippen molar-refractivity contribution in [2.75, 3.05) is 13.2 Å². The molecule has 0 radical (unpaired) electrons. The molecule has 1 aliphatic rings. The number of guanidine groups is 1. The highest BCUT2D eigenvalue weighted by Gasteiger charge is 2.37. The first-order chi connectivity index (χ1) is 9.88. The molecular weight excluding hydrogens is 274 g/mol. The highest BCUT2D eigenvalue weighted by Crippen LogP contribution is 2.43. The quantitative estimate of drug-likeness (QED) is 0.363. The van der Waals surface area contributed by atoms with Gasteiger partial charge in [-0.3, -0.25) is 14.6 Å². The second kappa shape index (κ2) is 7.85. The Kier molecular flexibility index (Phi) is 6.45. The first-order valence-corrected chi connectivity index (χ1v) is 7.32. The number of hydrogen-bond donors (Lipinski definition) is 3. The Morgan fingerprint density at radius 3 is 2.43 bits per heavy atom. The summed E-state index contributed by atoms with van der Waals surface area (Å²) in [4.78, 5) is 26.7. The lowest BCUT2D eigenvalue weighted by Crippen LogP contribution is -2.35. The summed E-state index contributed by atoms with van der Waals surface area (Å²) in [6, 6.07) is 0. The zero-order chi connectivity index (χ0) is 15.9. The maximum atomic E-state index is 11.5. The van der Waals surface area contributed by atoms with Gasteiger partial charge in [0.15, 0.2) is 5.96 Å². The van der Waals surface area contributed by atoms with Crippen LogP contribution in [0.5, 0.6) is 0 Å². The van der Waals surface area contributed by atoms with Gasteiger partial charge in [-0.2, -0.15) is 0 Å². The molecule has 0 unspecified atom stereocenters. The largest absolute Gasteiger partial charge is 0.481 e. The fraction of sp³-hybridized carbons (Fsp3) is 0.786. The number of aliphatic carboxylic acids is 1. The van der Waals surface area contributed by atoms with E-state index in [0.29, 0.717) is 51.7 Å². The molecule has 0 heterocycles. The summed E-state index contributed by atoms with van der Waals surface area (Å²) in [6.45, 7) is 2.56. The SMILES string of the molecule is CCOC(=O)CCC1(CN=C(N)N)CCC(C(=O)O)CC1. The number of carboxylic acid groups (broad SMARTS) is 1. The van der Waals surface area contributed by atoms with Crippen LogP contribution in [-0.2, 0) is 14.3 Å². The zero-order valence-corrected chi connectivity index (χ0v) is 12.5. The molecule has 0 aromatic carbocycles. The van der Waals surface area contributed by atoms with E-state index in [-0.39, 0.29) is 23.3 Å². The van der Waals surface area contributed by atoms with Crippen molar-refractivity contribution in [3.05, 3.63) is 0 Å². The summed E-state index contributed by atoms with van der Waals surface area (Å²) < 4.78 is 4.94. The second-order valence-corrected chi connectivity index (χ2v) is 5.66. The standard InChI is InChI=1S/C14H25N3O4/c1-2-21-11(18)5-8-14(9-17-13(15)16)6-3-10(4-7-14)12(19)20/h10H,2-9H2,1H3,(H,19,20)(H4,15,16,17). The Balaban J connectivity index is 2.66. The Morgan fingerprint density at radius 1 is 1.33 bits per heavy atom. The third-order valence-electron chi connectivity index (χ3n) is 4.16. The lowest BCUT2D eigenvalue weighted by atomic mass is 9.68. The molecule has 7 heteroatoms. The van der Waals surface area contributed by atoms with Gasteiger partial charge in [0, 0.05) is 13.0 Å². The maximum Gasteiger partial charge on any atom is 0.306 e. The van der Waals surface area contributed by atoms with Crippen molar-refractivity contribution >= 4 is 17.9 Å². The molecule has 120 valence electrons. The Labute approximate surface area is 124 Å². The Hall–Kier alpha value is -1.79. The van der Waals surface area contributed by atoms with Crippen LogP contribution in [0.3, 0.4) is 0 Å². The van der Waals surface area contributed by atoms with Crippen molar-refractivity contribution < 1.29 is 19.4 Å². The van der Waals surface area contributed by atoms with E-state index in [1.54, 1.807) is 6.92 Å². The van der Waals surface area contributed by atoms with Gasteiger partial charge in [0.1, 0.15) is 0 Å². The summed E-state index contributed by atoms with van der Waals surface area (Å²) in [5, 5.41) is 9.07. The van der Waals surface area contributed by atoms with E-state index in [9.17, 15) is 9.59 Å². The third kappa shape index (κ3) is 5.61. The molecule has 0 atom stereocenters. The summed E-state index contributed by atoms with van der Waals surface area (Å²) in [5.41, 5.74) is 10.6. The van der Waals surface area contributed by atoms with Crippen LogP contribution in [0.2, 0.25) is 0 Å². The predicted octanol–water partition coefficient (Wildman–Crippen LogP) is 0.864. The first-order valence-electron chi connectivity index (χ1n) is 7.32. The number of esters is 1. The van der Waals surface area contributed by atoms with Crippen molar-refractivity contribution in [3.63, 3.8) is 0 Å². The van der Waals surface area contributed by atoms with Gasteiger partial charge >= 0.3 is 11.9 Å². The smallest absolute Gasteiger partial charge is 0.306 e. The number of carboxylic acids is 1. The zero-order valence-electron chi connectivity index (χ0n) is 12.5. The predicted molar refractivity (Wildman–Crippen MR) is 78.6 cm³/mol. The van der Waals surface area contributed by atoms with Crippen molar-refractivity contribution in [1.29, 1.82) is 0 Å². The van der Waals surface area contributed by atoms with E-state index >= 15 is 0 Å². The number of nitrogens with two attached hydrogens (primary N) is 2. The monoisotopic (exact) mass is 299 g/mol. The van der Waals surface area contributed by atoms with Gasteiger partial charge in [0.2, 0.25) is 0 Å². The summed E-state index contributed by atoms with van der Waals surface area (Å²) >= 11 is 0. The van der Waals surface area contributed by atoms with Gasteiger partial charge in [-0.15, -0.1) is 0 Å². The second-order valence-electron chi connectivity index (χ2n) is 5.66. The van der Waals surface area contributed by atoms with Gasteiger partial charge < -0.3 is 21.3 Å². The molecule has 0 amide bonds. The fourth-order valence-electron chi connectivity index (χ4n) is 2.82. The highest BCUT2D eigenvalue weighted by atomic mass is 16.5. The minimum atomic E-state index is -0.754. The number of rotatable bonds is 7. The molecule has 1 saturated carbocycles. The minimum Gasteiger partial charge on any atom is -0.481 e. The van der Waals surface area contributed by atoms with E-state index in [4.69, 9.17) is 21.3 Å². The fourth-order valence-corrected chi connectivity index (χ4v) is 2.82. The molecular formula is C14H25N3O4. The Morgan fingerprint density at radius 2 is 1.95 bits per heavy atom. The van der Waals surface area contributed by atoms with E-state index in [1.807, 2.05) is 0 Å². The van der Waals surface area contributed by atoms with Crippen LogP contribution in [0.15, 0.2) is 4.99 Å². The highest BCUT2D eigenvalue weighted by molar-refractivity contribution is 5.75. The van der Waals surface area contributed by atoms with Crippen LogP contribution in [0.25, 0.3) is 0 Å². The molecule has 1 fully saturated rings. The third-order valence-corrected chi connectivity index (χ3v) is 4.16. The molecule has 0 aliphatic heterocycles. The van der Waals surface area contributed by atoms with Crippen LogP contribution in [0.1, 0.15) is 45.4 Å². The van der Waals surface area contributed by atoms with Gasteiger partial charge in [0.05, 0.1) is 12.5 Å². The van der Waals surface area contributed by atoms with Gasteiger partial charge in [-0.1, -0.05) is 0 Å². The van der Waals surface area contributed by atoms with Crippen LogP contribution in [0, 0.1) is 11.3 Å². The van der Waals surface area contributed by atoms with E-state index < -0.39 is 5.97 Å². The number of carbonyl (C=O) groups is 2. The molecule has 0 aromatic rings. The number of carbonyl (C=O) groups excluding carboxylic acids is 1. The number of nitrogens with zero attached hydrogens (tertiary/aromatic N) is 1. The lowest BCUT2D eigenvalue weighted by molar-refractivity contribution is -0.146. The Bertz CT molecular complexity index is 397. The van der Waals surface area contributed by atoms with Gasteiger partial charge in [-0.25, -0.2) is 0 Å². The average Bonchev–Trinajstić information content (AvgIpc) is 2.44. The van der Waals surface area contributed by atoms with Gasteiger partial charge in [-0.05, 0) is 44.4 Å². The van der Waals surface area contributed by atoms with Crippen molar-refractivity contribution in [2.24, 2.45) is 27.8 Å². The average molecular weight is 299 g/mol.